The van der Waals surface area contributed by atoms with Gasteiger partial charge in [-0.05, 0) is 13.0 Å². The van der Waals surface area contributed by atoms with Crippen molar-refractivity contribution in [1.29, 1.82) is 0 Å². The number of benzene rings is 1. The lowest BCUT2D eigenvalue weighted by Crippen LogP contribution is -2.32. The molecular formula is C13H14N2O4. The monoisotopic (exact) mass is 262 g/mol. The van der Waals surface area contributed by atoms with E-state index < -0.39 is 4.92 Å². The van der Waals surface area contributed by atoms with Crippen LogP contribution in [-0.4, -0.2) is 24.0 Å². The van der Waals surface area contributed by atoms with Gasteiger partial charge >= 0.3 is 5.69 Å². The molecule has 1 unspecified atom stereocenters. The number of rotatable bonds is 5. The standard InChI is InChI=1S/C13H14N2O4/c1-4-5-9(2)14-13(16)10-6-7-11(15(17)18)12(8-10)19-3/h1,6-9H,5H2,2-3H3,(H,14,16). The number of nitro benzene ring substituents is 1. The molecule has 100 valence electrons. The van der Waals surface area contributed by atoms with Crippen molar-refractivity contribution < 1.29 is 14.5 Å². The van der Waals surface area contributed by atoms with Gasteiger partial charge in [-0.3, -0.25) is 14.9 Å². The first kappa shape index (κ1) is 14.5. The molecule has 6 nitrogen and oxygen atoms in total. The van der Waals surface area contributed by atoms with Crippen molar-refractivity contribution in [2.75, 3.05) is 7.11 Å². The van der Waals surface area contributed by atoms with Gasteiger partial charge in [0.05, 0.1) is 12.0 Å². The van der Waals surface area contributed by atoms with Crippen LogP contribution >= 0.6 is 0 Å². The fourth-order valence-electron chi connectivity index (χ4n) is 1.50. The molecule has 1 N–H and O–H groups in total. The molecule has 6 heteroatoms. The Labute approximate surface area is 110 Å². The summed E-state index contributed by atoms with van der Waals surface area (Å²) in [6.07, 6.45) is 5.56. The summed E-state index contributed by atoms with van der Waals surface area (Å²) < 4.78 is 4.90. The molecule has 0 bridgehead atoms. The van der Waals surface area contributed by atoms with Crippen LogP contribution in [0.1, 0.15) is 23.7 Å². The van der Waals surface area contributed by atoms with Crippen LogP contribution in [0.3, 0.4) is 0 Å². The highest BCUT2D eigenvalue weighted by Gasteiger charge is 2.18. The zero-order valence-corrected chi connectivity index (χ0v) is 10.7. The van der Waals surface area contributed by atoms with E-state index in [0.717, 1.165) is 0 Å². The Bertz CT molecular complexity index is 534. The Balaban J connectivity index is 2.94. The largest absolute Gasteiger partial charge is 0.490 e. The summed E-state index contributed by atoms with van der Waals surface area (Å²) in [5.74, 6) is 2.13. The average Bonchev–Trinajstić information content (AvgIpc) is 2.37. The van der Waals surface area contributed by atoms with E-state index in [1.54, 1.807) is 6.92 Å². The van der Waals surface area contributed by atoms with Gasteiger partial charge in [-0.1, -0.05) is 0 Å². The minimum Gasteiger partial charge on any atom is -0.490 e. The van der Waals surface area contributed by atoms with E-state index in [-0.39, 0.29) is 28.9 Å². The number of amides is 1. The third kappa shape index (κ3) is 3.71. The number of terminal acetylenes is 1. The van der Waals surface area contributed by atoms with E-state index >= 15 is 0 Å². The van der Waals surface area contributed by atoms with Gasteiger partial charge in [0.2, 0.25) is 0 Å². The highest BCUT2D eigenvalue weighted by molar-refractivity contribution is 5.95. The Morgan fingerprint density at radius 1 is 1.63 bits per heavy atom. The smallest absolute Gasteiger partial charge is 0.310 e. The molecule has 0 aliphatic rings. The van der Waals surface area contributed by atoms with Crippen LogP contribution in [-0.2, 0) is 0 Å². The molecular weight excluding hydrogens is 248 g/mol. The number of nitrogens with zero attached hydrogens (tertiary/aromatic N) is 1. The van der Waals surface area contributed by atoms with Gasteiger partial charge in [0, 0.05) is 30.2 Å². The molecule has 19 heavy (non-hydrogen) atoms. The lowest BCUT2D eigenvalue weighted by atomic mass is 10.1. The van der Waals surface area contributed by atoms with Crippen molar-refractivity contribution in [1.82, 2.24) is 5.32 Å². The molecule has 0 spiro atoms. The van der Waals surface area contributed by atoms with E-state index in [1.807, 2.05) is 0 Å². The number of carbonyl (C=O) groups is 1. The molecule has 0 radical (unpaired) electrons. The maximum atomic E-state index is 11.9. The molecule has 1 aromatic carbocycles. The second kappa shape index (κ2) is 6.40. The number of methoxy groups -OCH3 is 1. The van der Waals surface area contributed by atoms with E-state index in [9.17, 15) is 14.9 Å². The van der Waals surface area contributed by atoms with Crippen molar-refractivity contribution in [2.45, 2.75) is 19.4 Å². The van der Waals surface area contributed by atoms with Crippen LogP contribution in [0.4, 0.5) is 5.69 Å². The molecule has 0 aliphatic heterocycles. The molecule has 0 aliphatic carbocycles. The lowest BCUT2D eigenvalue weighted by Gasteiger charge is -2.11. The number of ether oxygens (including phenoxy) is 1. The summed E-state index contributed by atoms with van der Waals surface area (Å²) in [7, 11) is 1.31. The highest BCUT2D eigenvalue weighted by Crippen LogP contribution is 2.27. The van der Waals surface area contributed by atoms with Crippen molar-refractivity contribution in [2.24, 2.45) is 0 Å². The maximum absolute atomic E-state index is 11.9. The zero-order valence-electron chi connectivity index (χ0n) is 10.7. The van der Waals surface area contributed by atoms with E-state index in [0.29, 0.717) is 6.42 Å². The summed E-state index contributed by atoms with van der Waals surface area (Å²) in [4.78, 5) is 22.0. The van der Waals surface area contributed by atoms with Gasteiger partial charge in [0.25, 0.3) is 5.91 Å². The Kier molecular flexibility index (Phi) is 4.89. The van der Waals surface area contributed by atoms with Gasteiger partial charge in [0.1, 0.15) is 0 Å². The van der Waals surface area contributed by atoms with Gasteiger partial charge in [-0.15, -0.1) is 12.3 Å². The topological polar surface area (TPSA) is 81.5 Å². The fraction of sp³-hybridized carbons (Fsp3) is 0.308. The van der Waals surface area contributed by atoms with Crippen LogP contribution in [0.2, 0.25) is 0 Å². The number of carbonyl (C=O) groups excluding carboxylic acids is 1. The average molecular weight is 262 g/mol. The molecule has 0 aromatic heterocycles. The third-order valence-corrected chi connectivity index (χ3v) is 2.44. The quantitative estimate of drug-likeness (QED) is 0.498. The van der Waals surface area contributed by atoms with Crippen molar-refractivity contribution in [3.63, 3.8) is 0 Å². The number of hydrogen-bond donors (Lipinski definition) is 1. The summed E-state index contributed by atoms with van der Waals surface area (Å²) in [6, 6.07) is 3.77. The number of nitro groups is 1. The first-order valence-electron chi connectivity index (χ1n) is 5.56. The zero-order chi connectivity index (χ0) is 14.4. The van der Waals surface area contributed by atoms with E-state index in [2.05, 4.69) is 11.2 Å². The minimum absolute atomic E-state index is 0.0438. The van der Waals surface area contributed by atoms with Gasteiger partial charge < -0.3 is 10.1 Å². The van der Waals surface area contributed by atoms with Crippen LogP contribution in [0.15, 0.2) is 18.2 Å². The summed E-state index contributed by atoms with van der Waals surface area (Å²) >= 11 is 0. The molecule has 1 atom stereocenters. The highest BCUT2D eigenvalue weighted by atomic mass is 16.6. The SMILES string of the molecule is C#CCC(C)NC(=O)c1ccc([N+](=O)[O-])c(OC)c1. The normalized spacial score (nSPS) is 11.2. The Morgan fingerprint density at radius 3 is 2.84 bits per heavy atom. The molecule has 1 amide bonds. The number of hydrogen-bond acceptors (Lipinski definition) is 4. The lowest BCUT2D eigenvalue weighted by molar-refractivity contribution is -0.385. The Hall–Kier alpha value is -2.55. The van der Waals surface area contributed by atoms with Crippen molar-refractivity contribution in [3.8, 4) is 18.1 Å². The predicted octanol–water partition coefficient (Wildman–Crippen LogP) is 1.74. The third-order valence-electron chi connectivity index (χ3n) is 2.44. The fourth-order valence-corrected chi connectivity index (χ4v) is 1.50. The summed E-state index contributed by atoms with van der Waals surface area (Å²) in [5.41, 5.74) is 0.0991. The molecule has 0 saturated heterocycles. The molecule has 0 heterocycles. The summed E-state index contributed by atoms with van der Waals surface area (Å²) in [6.45, 7) is 1.78. The van der Waals surface area contributed by atoms with Gasteiger partial charge in [-0.25, -0.2) is 0 Å². The van der Waals surface area contributed by atoms with Crippen molar-refractivity contribution in [3.05, 3.63) is 33.9 Å². The van der Waals surface area contributed by atoms with Crippen LogP contribution in [0.25, 0.3) is 0 Å². The second-order valence-corrected chi connectivity index (χ2v) is 3.93. The van der Waals surface area contributed by atoms with E-state index in [1.165, 1.54) is 25.3 Å². The van der Waals surface area contributed by atoms with Gasteiger partial charge in [-0.2, -0.15) is 0 Å². The van der Waals surface area contributed by atoms with Gasteiger partial charge in [0.15, 0.2) is 5.75 Å². The van der Waals surface area contributed by atoms with E-state index in [4.69, 9.17) is 11.2 Å². The van der Waals surface area contributed by atoms with Crippen LogP contribution < -0.4 is 10.1 Å². The molecule has 1 rings (SSSR count). The minimum atomic E-state index is -0.568. The maximum Gasteiger partial charge on any atom is 0.310 e. The molecule has 0 saturated carbocycles. The van der Waals surface area contributed by atoms with Crippen LogP contribution in [0.5, 0.6) is 5.75 Å². The predicted molar refractivity (Wildman–Crippen MR) is 70.0 cm³/mol. The van der Waals surface area contributed by atoms with Crippen LogP contribution in [0, 0.1) is 22.5 Å². The Morgan fingerprint density at radius 2 is 2.32 bits per heavy atom. The molecule has 1 aromatic rings. The van der Waals surface area contributed by atoms with Crippen molar-refractivity contribution >= 4 is 11.6 Å². The molecule has 0 fully saturated rings. The first-order valence-corrected chi connectivity index (χ1v) is 5.56. The second-order valence-electron chi connectivity index (χ2n) is 3.93. The summed E-state index contributed by atoms with van der Waals surface area (Å²) in [5, 5.41) is 13.4. The number of nitrogens with one attached hydrogen (secondary N) is 1. The first-order chi connectivity index (χ1) is 8.99.